The Morgan fingerprint density at radius 1 is 1.38 bits per heavy atom. The lowest BCUT2D eigenvalue weighted by Crippen LogP contribution is -2.29. The average Bonchev–Trinajstić information content (AvgIpc) is 3.06. The van der Waals surface area contributed by atoms with Gasteiger partial charge in [0.2, 0.25) is 0 Å². The van der Waals surface area contributed by atoms with Gasteiger partial charge in [-0.15, -0.1) is 11.3 Å². The van der Waals surface area contributed by atoms with Crippen molar-refractivity contribution in [2.24, 2.45) is 5.92 Å². The van der Waals surface area contributed by atoms with Crippen molar-refractivity contribution in [3.63, 3.8) is 0 Å². The predicted molar refractivity (Wildman–Crippen MR) is 100 cm³/mol. The zero-order valence-corrected chi connectivity index (χ0v) is 15.9. The summed E-state index contributed by atoms with van der Waals surface area (Å²) in [5, 5.41) is 4.96. The van der Waals surface area contributed by atoms with Crippen LogP contribution >= 0.6 is 27.3 Å². The summed E-state index contributed by atoms with van der Waals surface area (Å²) in [5.74, 6) is 0.00920. The zero-order valence-electron chi connectivity index (χ0n) is 13.5. The summed E-state index contributed by atoms with van der Waals surface area (Å²) >= 11 is 5.14. The maximum Gasteiger partial charge on any atom is 0.267 e. The number of nitrogens with one attached hydrogen (secondary N) is 1. The molecule has 2 aromatic heterocycles. The van der Waals surface area contributed by atoms with Gasteiger partial charge in [-0.3, -0.25) is 4.79 Å². The number of amides is 1. The van der Waals surface area contributed by atoms with E-state index in [1.807, 2.05) is 22.1 Å². The van der Waals surface area contributed by atoms with Gasteiger partial charge in [0.05, 0.1) is 14.7 Å². The topological polar surface area (TPSA) is 34.0 Å². The fraction of sp³-hybridized carbons (Fsp3) is 0.278. The highest BCUT2D eigenvalue weighted by Gasteiger charge is 2.19. The molecule has 1 amide bonds. The molecule has 0 bridgehead atoms. The number of fused-ring (bicyclic) bond motifs is 1. The SMILES string of the molecule is CC(C)CNC(=O)c1cc2scc(Br)c2n1Cc1cccc(F)c1. The summed E-state index contributed by atoms with van der Waals surface area (Å²) < 4.78 is 17.4. The number of hydrogen-bond donors (Lipinski definition) is 1. The summed E-state index contributed by atoms with van der Waals surface area (Å²) in [6.07, 6.45) is 0. The Hall–Kier alpha value is -1.66. The van der Waals surface area contributed by atoms with E-state index < -0.39 is 0 Å². The van der Waals surface area contributed by atoms with Crippen molar-refractivity contribution < 1.29 is 9.18 Å². The van der Waals surface area contributed by atoms with E-state index in [1.165, 1.54) is 12.1 Å². The minimum atomic E-state index is -0.272. The minimum Gasteiger partial charge on any atom is -0.351 e. The lowest BCUT2D eigenvalue weighted by molar-refractivity contribution is 0.0940. The molecule has 0 saturated heterocycles. The zero-order chi connectivity index (χ0) is 17.3. The largest absolute Gasteiger partial charge is 0.351 e. The average molecular weight is 409 g/mol. The summed E-state index contributed by atoms with van der Waals surface area (Å²) in [6.45, 7) is 5.18. The first-order valence-electron chi connectivity index (χ1n) is 7.74. The van der Waals surface area contributed by atoms with Crippen LogP contribution in [0.1, 0.15) is 29.9 Å². The highest BCUT2D eigenvalue weighted by atomic mass is 79.9. The number of halogens is 2. The normalized spacial score (nSPS) is 11.4. The monoisotopic (exact) mass is 408 g/mol. The van der Waals surface area contributed by atoms with Gasteiger partial charge in [0.25, 0.3) is 5.91 Å². The van der Waals surface area contributed by atoms with E-state index in [4.69, 9.17) is 0 Å². The molecule has 0 aliphatic rings. The van der Waals surface area contributed by atoms with Gasteiger partial charge < -0.3 is 9.88 Å². The molecule has 0 saturated carbocycles. The number of thiophene rings is 1. The van der Waals surface area contributed by atoms with Crippen LogP contribution in [-0.4, -0.2) is 17.0 Å². The molecule has 3 nitrogen and oxygen atoms in total. The van der Waals surface area contributed by atoms with E-state index in [2.05, 4.69) is 35.1 Å². The van der Waals surface area contributed by atoms with Crippen LogP contribution in [0.3, 0.4) is 0 Å². The molecule has 0 spiro atoms. The molecule has 0 atom stereocenters. The van der Waals surface area contributed by atoms with E-state index >= 15 is 0 Å². The van der Waals surface area contributed by atoms with E-state index in [-0.39, 0.29) is 11.7 Å². The summed E-state index contributed by atoms with van der Waals surface area (Å²) in [7, 11) is 0. The number of rotatable bonds is 5. The van der Waals surface area contributed by atoms with Crippen LogP contribution in [0.5, 0.6) is 0 Å². The van der Waals surface area contributed by atoms with Crippen molar-refractivity contribution >= 4 is 43.4 Å². The summed E-state index contributed by atoms with van der Waals surface area (Å²) in [6, 6.07) is 8.38. The third kappa shape index (κ3) is 3.54. The number of carbonyl (C=O) groups is 1. The van der Waals surface area contributed by atoms with E-state index in [0.717, 1.165) is 20.3 Å². The highest BCUT2D eigenvalue weighted by molar-refractivity contribution is 9.10. The van der Waals surface area contributed by atoms with Gasteiger partial charge in [0.15, 0.2) is 0 Å². The molecule has 2 heterocycles. The molecule has 0 aliphatic heterocycles. The third-order valence-corrected chi connectivity index (χ3v) is 5.54. The van der Waals surface area contributed by atoms with Crippen LogP contribution in [0.2, 0.25) is 0 Å². The summed E-state index contributed by atoms with van der Waals surface area (Å²) in [5.41, 5.74) is 2.39. The van der Waals surface area contributed by atoms with Crippen molar-refractivity contribution in [1.82, 2.24) is 9.88 Å². The van der Waals surface area contributed by atoms with E-state index in [1.54, 1.807) is 17.4 Å². The van der Waals surface area contributed by atoms with Gasteiger partial charge >= 0.3 is 0 Å². The molecule has 0 unspecified atom stereocenters. The quantitative estimate of drug-likeness (QED) is 0.630. The number of benzene rings is 1. The summed E-state index contributed by atoms with van der Waals surface area (Å²) in [4.78, 5) is 12.6. The van der Waals surface area contributed by atoms with Crippen LogP contribution < -0.4 is 5.32 Å². The Balaban J connectivity index is 2.01. The second-order valence-electron chi connectivity index (χ2n) is 6.15. The fourth-order valence-electron chi connectivity index (χ4n) is 2.59. The maximum atomic E-state index is 13.5. The molecule has 24 heavy (non-hydrogen) atoms. The molecule has 3 rings (SSSR count). The van der Waals surface area contributed by atoms with Gasteiger partial charge in [0, 0.05) is 18.5 Å². The molecule has 1 N–H and O–H groups in total. The molecule has 0 radical (unpaired) electrons. The van der Waals surface area contributed by atoms with Gasteiger partial charge in [0.1, 0.15) is 11.5 Å². The van der Waals surface area contributed by atoms with Crippen molar-refractivity contribution in [3.05, 3.63) is 57.3 Å². The number of carbonyl (C=O) groups excluding carboxylic acids is 1. The van der Waals surface area contributed by atoms with Crippen LogP contribution in [0.25, 0.3) is 10.2 Å². The first kappa shape index (κ1) is 17.2. The minimum absolute atomic E-state index is 0.101. The Labute approximate surface area is 152 Å². The molecule has 0 fully saturated rings. The van der Waals surface area contributed by atoms with Crippen LogP contribution in [-0.2, 0) is 6.54 Å². The fourth-order valence-corrected chi connectivity index (χ4v) is 4.28. The maximum absolute atomic E-state index is 13.5. The van der Waals surface area contributed by atoms with Crippen LogP contribution in [0, 0.1) is 11.7 Å². The van der Waals surface area contributed by atoms with Crippen molar-refractivity contribution in [1.29, 1.82) is 0 Å². The lowest BCUT2D eigenvalue weighted by Gasteiger charge is -2.12. The third-order valence-electron chi connectivity index (χ3n) is 3.71. The molecular formula is C18H18BrFN2OS. The predicted octanol–water partition coefficient (Wildman–Crippen LogP) is 5.04. The number of nitrogens with zero attached hydrogens (tertiary/aromatic N) is 1. The molecule has 126 valence electrons. The molecular weight excluding hydrogens is 391 g/mol. The van der Waals surface area contributed by atoms with Crippen LogP contribution in [0.15, 0.2) is 40.2 Å². The Bertz CT molecular complexity index is 884. The first-order valence-corrected chi connectivity index (χ1v) is 9.42. The smallest absolute Gasteiger partial charge is 0.267 e. The van der Waals surface area contributed by atoms with E-state index in [9.17, 15) is 9.18 Å². The van der Waals surface area contributed by atoms with Gasteiger partial charge in [-0.05, 0) is 45.6 Å². The molecule has 3 aromatic rings. The van der Waals surface area contributed by atoms with Gasteiger partial charge in [-0.1, -0.05) is 26.0 Å². The second kappa shape index (κ2) is 7.07. The number of aromatic nitrogens is 1. The highest BCUT2D eigenvalue weighted by Crippen LogP contribution is 2.33. The molecule has 6 heteroatoms. The first-order chi connectivity index (χ1) is 11.5. The van der Waals surface area contributed by atoms with E-state index in [0.29, 0.717) is 24.7 Å². The molecule has 1 aromatic carbocycles. The van der Waals surface area contributed by atoms with Crippen LogP contribution in [0.4, 0.5) is 4.39 Å². The molecule has 0 aliphatic carbocycles. The standard InChI is InChI=1S/C18H18BrFN2OS/c1-11(2)8-21-18(23)15-7-16-17(14(19)10-24-16)22(15)9-12-4-3-5-13(20)6-12/h3-7,10-11H,8-9H2,1-2H3,(H,21,23). The Kier molecular flexibility index (Phi) is 5.06. The lowest BCUT2D eigenvalue weighted by atomic mass is 10.2. The van der Waals surface area contributed by atoms with Gasteiger partial charge in [-0.25, -0.2) is 4.39 Å². The van der Waals surface area contributed by atoms with Crippen molar-refractivity contribution in [2.45, 2.75) is 20.4 Å². The van der Waals surface area contributed by atoms with Crippen molar-refractivity contribution in [3.8, 4) is 0 Å². The Morgan fingerprint density at radius 3 is 2.88 bits per heavy atom. The second-order valence-corrected chi connectivity index (χ2v) is 7.91. The Morgan fingerprint density at radius 2 is 2.17 bits per heavy atom. The number of hydrogen-bond acceptors (Lipinski definition) is 2. The van der Waals surface area contributed by atoms with Crippen molar-refractivity contribution in [2.75, 3.05) is 6.54 Å². The van der Waals surface area contributed by atoms with Gasteiger partial charge in [-0.2, -0.15) is 0 Å².